The van der Waals surface area contributed by atoms with Crippen molar-refractivity contribution in [3.05, 3.63) is 39.7 Å². The van der Waals surface area contributed by atoms with Gasteiger partial charge in [-0.15, -0.1) is 0 Å². The fourth-order valence-corrected chi connectivity index (χ4v) is 1.93. The van der Waals surface area contributed by atoms with Crippen molar-refractivity contribution in [1.82, 2.24) is 4.90 Å². The molecule has 1 aromatic rings. The highest BCUT2D eigenvalue weighted by atomic mass is 19.1. The minimum absolute atomic E-state index is 0.150. The average molecular weight is 252 g/mol. The summed E-state index contributed by atoms with van der Waals surface area (Å²) in [5, 5.41) is 10.6. The number of rotatable bonds is 3. The number of amides is 1. The first-order chi connectivity index (χ1) is 8.50. The molecule has 0 aromatic heterocycles. The molecule has 1 saturated carbocycles. The zero-order chi connectivity index (χ0) is 13.3. The van der Waals surface area contributed by atoms with E-state index in [0.717, 1.165) is 31.4 Å². The maximum Gasteiger partial charge on any atom is 0.305 e. The Balaban J connectivity index is 2.24. The van der Waals surface area contributed by atoms with Gasteiger partial charge in [0, 0.05) is 24.7 Å². The Morgan fingerprint density at radius 1 is 1.50 bits per heavy atom. The first-order valence-corrected chi connectivity index (χ1v) is 5.72. The topological polar surface area (TPSA) is 63.5 Å². The van der Waals surface area contributed by atoms with Gasteiger partial charge in [0.1, 0.15) is 0 Å². The molecule has 96 valence electrons. The smallest absolute Gasteiger partial charge is 0.305 e. The van der Waals surface area contributed by atoms with Crippen LogP contribution in [0.2, 0.25) is 0 Å². The fourth-order valence-electron chi connectivity index (χ4n) is 1.93. The Labute approximate surface area is 103 Å². The molecule has 18 heavy (non-hydrogen) atoms. The summed E-state index contributed by atoms with van der Waals surface area (Å²) in [5.41, 5.74) is -0.514. The van der Waals surface area contributed by atoms with Crippen LogP contribution in [0.15, 0.2) is 18.2 Å². The standard InChI is InChI=1S/C12H13FN2O3/c1-14(9-3-2-4-9)12(16)8-5-6-10(13)11(7-8)15(17)18/h5-7,9H,2-4H2,1H3. The van der Waals surface area contributed by atoms with Crippen LogP contribution in [-0.2, 0) is 0 Å². The molecular formula is C12H13FN2O3. The van der Waals surface area contributed by atoms with E-state index in [1.807, 2.05) is 0 Å². The third-order valence-electron chi connectivity index (χ3n) is 3.33. The number of nitro groups is 1. The molecule has 1 aromatic carbocycles. The van der Waals surface area contributed by atoms with Crippen molar-refractivity contribution >= 4 is 11.6 Å². The average Bonchev–Trinajstić information content (AvgIpc) is 2.26. The second-order valence-electron chi connectivity index (χ2n) is 4.42. The SMILES string of the molecule is CN(C(=O)c1ccc(F)c([N+](=O)[O-])c1)C1CCC1. The maximum absolute atomic E-state index is 13.2. The highest BCUT2D eigenvalue weighted by Gasteiger charge is 2.27. The summed E-state index contributed by atoms with van der Waals surface area (Å²) in [7, 11) is 1.67. The van der Waals surface area contributed by atoms with E-state index in [2.05, 4.69) is 0 Å². The third kappa shape index (κ3) is 2.18. The molecule has 0 N–H and O–H groups in total. The van der Waals surface area contributed by atoms with E-state index in [0.29, 0.717) is 0 Å². The monoisotopic (exact) mass is 252 g/mol. The molecular weight excluding hydrogens is 239 g/mol. The van der Waals surface area contributed by atoms with Gasteiger partial charge < -0.3 is 4.90 Å². The minimum atomic E-state index is -0.928. The Kier molecular flexibility index (Phi) is 3.27. The summed E-state index contributed by atoms with van der Waals surface area (Å²) in [4.78, 5) is 23.4. The van der Waals surface area contributed by atoms with Crippen LogP contribution >= 0.6 is 0 Å². The van der Waals surface area contributed by atoms with Gasteiger partial charge in [-0.2, -0.15) is 4.39 Å². The Hall–Kier alpha value is -1.98. The highest BCUT2D eigenvalue weighted by molar-refractivity contribution is 5.95. The van der Waals surface area contributed by atoms with E-state index in [1.54, 1.807) is 11.9 Å². The lowest BCUT2D eigenvalue weighted by molar-refractivity contribution is -0.387. The Morgan fingerprint density at radius 2 is 2.17 bits per heavy atom. The Bertz CT molecular complexity index is 500. The zero-order valence-electron chi connectivity index (χ0n) is 9.93. The van der Waals surface area contributed by atoms with Gasteiger partial charge in [0.05, 0.1) is 4.92 Å². The lowest BCUT2D eigenvalue weighted by Gasteiger charge is -2.34. The van der Waals surface area contributed by atoms with Gasteiger partial charge in [0.2, 0.25) is 5.82 Å². The first kappa shape index (κ1) is 12.5. The molecule has 0 radical (unpaired) electrons. The minimum Gasteiger partial charge on any atom is -0.339 e. The van der Waals surface area contributed by atoms with Crippen LogP contribution < -0.4 is 0 Å². The summed E-state index contributed by atoms with van der Waals surface area (Å²) in [6.07, 6.45) is 2.99. The van der Waals surface area contributed by atoms with Crippen LogP contribution in [-0.4, -0.2) is 28.8 Å². The van der Waals surface area contributed by atoms with Crippen LogP contribution in [0.5, 0.6) is 0 Å². The second kappa shape index (κ2) is 4.72. The predicted molar refractivity (Wildman–Crippen MR) is 62.8 cm³/mol. The van der Waals surface area contributed by atoms with E-state index in [9.17, 15) is 19.3 Å². The summed E-state index contributed by atoms with van der Waals surface area (Å²) in [6.45, 7) is 0. The molecule has 1 aliphatic carbocycles. The van der Waals surface area contributed by atoms with Crippen molar-refractivity contribution in [1.29, 1.82) is 0 Å². The number of nitro benzene ring substituents is 1. The van der Waals surface area contributed by atoms with Crippen LogP contribution in [0.25, 0.3) is 0 Å². The van der Waals surface area contributed by atoms with Crippen molar-refractivity contribution in [3.8, 4) is 0 Å². The largest absolute Gasteiger partial charge is 0.339 e. The fraction of sp³-hybridized carbons (Fsp3) is 0.417. The summed E-state index contributed by atoms with van der Waals surface area (Å²) >= 11 is 0. The molecule has 0 spiro atoms. The molecule has 0 aliphatic heterocycles. The number of hydrogen-bond acceptors (Lipinski definition) is 3. The lowest BCUT2D eigenvalue weighted by atomic mass is 9.91. The summed E-state index contributed by atoms with van der Waals surface area (Å²) < 4.78 is 13.2. The molecule has 0 atom stereocenters. The normalized spacial score (nSPS) is 15.0. The van der Waals surface area contributed by atoms with Crippen molar-refractivity contribution in [2.24, 2.45) is 0 Å². The van der Waals surface area contributed by atoms with Crippen LogP contribution in [0, 0.1) is 15.9 Å². The lowest BCUT2D eigenvalue weighted by Crippen LogP contribution is -2.41. The molecule has 0 unspecified atom stereocenters. The first-order valence-electron chi connectivity index (χ1n) is 5.72. The molecule has 2 rings (SSSR count). The summed E-state index contributed by atoms with van der Waals surface area (Å²) in [5.74, 6) is -1.23. The molecule has 1 fully saturated rings. The van der Waals surface area contributed by atoms with E-state index in [4.69, 9.17) is 0 Å². The number of nitrogens with zero attached hydrogens (tertiary/aromatic N) is 2. The van der Waals surface area contributed by atoms with Gasteiger partial charge in [-0.3, -0.25) is 14.9 Å². The molecule has 6 heteroatoms. The molecule has 0 saturated heterocycles. The molecule has 0 heterocycles. The van der Waals surface area contributed by atoms with Gasteiger partial charge in [-0.05, 0) is 31.4 Å². The van der Waals surface area contributed by atoms with Gasteiger partial charge in [0.25, 0.3) is 5.91 Å². The van der Waals surface area contributed by atoms with Gasteiger partial charge in [-0.25, -0.2) is 0 Å². The molecule has 0 bridgehead atoms. The molecule has 1 aliphatic rings. The number of benzene rings is 1. The predicted octanol–water partition coefficient (Wildman–Crippen LogP) is 2.36. The molecule has 5 nitrogen and oxygen atoms in total. The number of halogens is 1. The van der Waals surface area contributed by atoms with Crippen molar-refractivity contribution in [2.75, 3.05) is 7.05 Å². The van der Waals surface area contributed by atoms with E-state index < -0.39 is 16.4 Å². The van der Waals surface area contributed by atoms with E-state index in [-0.39, 0.29) is 17.5 Å². The van der Waals surface area contributed by atoms with E-state index >= 15 is 0 Å². The van der Waals surface area contributed by atoms with Gasteiger partial charge in [0.15, 0.2) is 0 Å². The number of carbonyl (C=O) groups excluding carboxylic acids is 1. The van der Waals surface area contributed by atoms with Gasteiger partial charge in [-0.1, -0.05) is 0 Å². The van der Waals surface area contributed by atoms with Crippen molar-refractivity contribution in [3.63, 3.8) is 0 Å². The molecule has 1 amide bonds. The van der Waals surface area contributed by atoms with Crippen molar-refractivity contribution < 1.29 is 14.1 Å². The van der Waals surface area contributed by atoms with Crippen LogP contribution in [0.1, 0.15) is 29.6 Å². The number of carbonyl (C=O) groups is 1. The third-order valence-corrected chi connectivity index (χ3v) is 3.33. The maximum atomic E-state index is 13.2. The van der Waals surface area contributed by atoms with Crippen LogP contribution in [0.4, 0.5) is 10.1 Å². The van der Waals surface area contributed by atoms with Crippen molar-refractivity contribution in [2.45, 2.75) is 25.3 Å². The number of hydrogen-bond donors (Lipinski definition) is 0. The summed E-state index contributed by atoms with van der Waals surface area (Å²) in [6, 6.07) is 3.42. The Morgan fingerprint density at radius 3 is 2.67 bits per heavy atom. The van der Waals surface area contributed by atoms with Crippen LogP contribution in [0.3, 0.4) is 0 Å². The highest BCUT2D eigenvalue weighted by Crippen LogP contribution is 2.26. The van der Waals surface area contributed by atoms with Gasteiger partial charge >= 0.3 is 5.69 Å². The zero-order valence-corrected chi connectivity index (χ0v) is 9.93. The van der Waals surface area contributed by atoms with E-state index in [1.165, 1.54) is 6.07 Å². The quantitative estimate of drug-likeness (QED) is 0.612. The second-order valence-corrected chi connectivity index (χ2v) is 4.42.